The van der Waals surface area contributed by atoms with Gasteiger partial charge in [-0.05, 0) is 51.4 Å². The number of phosphoric ester groups is 1. The van der Waals surface area contributed by atoms with E-state index >= 15 is 0 Å². The Kier molecular flexibility index (Phi) is 49.3. The van der Waals surface area contributed by atoms with Gasteiger partial charge in [0.15, 0.2) is 6.10 Å². The Morgan fingerprint density at radius 2 is 0.846 bits per heavy atom. The molecule has 0 aliphatic heterocycles. The van der Waals surface area contributed by atoms with Crippen molar-refractivity contribution in [2.45, 2.75) is 251 Å². The molecule has 0 aromatic carbocycles. The molecule has 0 aromatic heterocycles. The summed E-state index contributed by atoms with van der Waals surface area (Å²) in [7, 11) is -4.40. The second kappa shape index (κ2) is 51.1. The van der Waals surface area contributed by atoms with Crippen LogP contribution in [0.25, 0.3) is 0 Å². The summed E-state index contributed by atoms with van der Waals surface area (Å²) in [6.45, 7) is 3.58. The molecule has 0 radical (unpaired) electrons. The van der Waals surface area contributed by atoms with Crippen molar-refractivity contribution in [3.8, 4) is 0 Å². The number of esters is 2. The lowest BCUT2D eigenvalue weighted by molar-refractivity contribution is -0.161. The van der Waals surface area contributed by atoms with Crippen LogP contribution in [0.1, 0.15) is 245 Å². The Hall–Kier alpha value is -2.29. The Balaban J connectivity index is 4.00. The summed E-state index contributed by atoms with van der Waals surface area (Å²) < 4.78 is 32.9. The van der Waals surface area contributed by atoms with Gasteiger partial charge < -0.3 is 20.1 Å². The fraction of sp³-hybridized carbons (Fsp3) is 0.782. The van der Waals surface area contributed by atoms with Crippen LogP contribution < -0.4 is 5.73 Å². The second-order valence-corrected chi connectivity index (χ2v) is 19.2. The minimum atomic E-state index is -4.40. The average Bonchev–Trinajstić information content (AvgIpc) is 3.30. The van der Waals surface area contributed by atoms with Gasteiger partial charge in [0, 0.05) is 19.4 Å². The highest BCUT2D eigenvalue weighted by molar-refractivity contribution is 7.47. The van der Waals surface area contributed by atoms with E-state index in [-0.39, 0.29) is 32.6 Å². The minimum Gasteiger partial charge on any atom is -0.462 e. The molecule has 0 fully saturated rings. The fourth-order valence-electron chi connectivity index (χ4n) is 7.50. The number of carbonyl (C=O) groups excluding carboxylic acids is 2. The standard InChI is InChI=1S/C55H100NO8P/c1-3-5-7-9-11-13-15-17-19-21-22-23-24-25-26-27-28-29-30-32-33-35-37-39-41-43-45-47-54(57)61-51-53(52-63-65(59,60)62-50-49-56)64-55(58)48-46-44-42-40-38-36-34-31-20-18-16-14-12-10-8-6-4-2/h6,8,12,14,18,20,34,36,40,42,53H,3-5,7,9-11,13,15-17,19,21-33,35,37-39,41,43-52,56H2,1-2H3,(H,59,60)/b8-6-,14-12-,20-18-,36-34-,42-40-. The summed E-state index contributed by atoms with van der Waals surface area (Å²) >= 11 is 0. The molecule has 0 aliphatic carbocycles. The molecule has 10 heteroatoms. The normalized spacial score (nSPS) is 13.6. The molecule has 0 heterocycles. The molecule has 3 N–H and O–H groups in total. The van der Waals surface area contributed by atoms with E-state index in [1.807, 2.05) is 6.08 Å². The van der Waals surface area contributed by atoms with Gasteiger partial charge in [0.25, 0.3) is 0 Å². The maximum absolute atomic E-state index is 12.6. The first-order chi connectivity index (χ1) is 31.8. The topological polar surface area (TPSA) is 134 Å². The Labute approximate surface area is 399 Å². The van der Waals surface area contributed by atoms with Crippen LogP contribution in [0.2, 0.25) is 0 Å². The zero-order valence-electron chi connectivity index (χ0n) is 42.0. The molecule has 0 rings (SSSR count). The second-order valence-electron chi connectivity index (χ2n) is 17.7. The third kappa shape index (κ3) is 51.0. The monoisotopic (exact) mass is 934 g/mol. The van der Waals surface area contributed by atoms with Crippen molar-refractivity contribution in [1.29, 1.82) is 0 Å². The van der Waals surface area contributed by atoms with Crippen LogP contribution in [0, 0.1) is 0 Å². The molecule has 0 saturated carbocycles. The van der Waals surface area contributed by atoms with E-state index in [1.54, 1.807) is 0 Å². The van der Waals surface area contributed by atoms with Gasteiger partial charge in [0.05, 0.1) is 13.2 Å². The van der Waals surface area contributed by atoms with Gasteiger partial charge in [-0.3, -0.25) is 18.6 Å². The maximum Gasteiger partial charge on any atom is 0.472 e. The maximum atomic E-state index is 12.6. The SMILES string of the molecule is CC/C=C\C/C=C\C/C=C\C/C=C\C/C=C\CCCC(=O)OC(COC(=O)CCCCCCCCCCCCCCCCCCCCCCCCCCCCC)COP(=O)(O)OCCN. The number of hydrogen-bond acceptors (Lipinski definition) is 8. The summed E-state index contributed by atoms with van der Waals surface area (Å²) in [6.07, 6.45) is 62.9. The third-order valence-electron chi connectivity index (χ3n) is 11.4. The van der Waals surface area contributed by atoms with Crippen molar-refractivity contribution >= 4 is 19.8 Å². The highest BCUT2D eigenvalue weighted by Gasteiger charge is 2.26. The summed E-state index contributed by atoms with van der Waals surface area (Å²) in [5.74, 6) is -0.890. The molecular formula is C55H100NO8P. The number of hydrogen-bond donors (Lipinski definition) is 2. The highest BCUT2D eigenvalue weighted by atomic mass is 31.2. The van der Waals surface area contributed by atoms with Gasteiger partial charge in [0.2, 0.25) is 0 Å². The fourth-order valence-corrected chi connectivity index (χ4v) is 8.26. The Morgan fingerprint density at radius 1 is 0.477 bits per heavy atom. The molecule has 0 aromatic rings. The van der Waals surface area contributed by atoms with Crippen LogP contribution in [0.4, 0.5) is 0 Å². The molecule has 2 unspecified atom stereocenters. The first kappa shape index (κ1) is 62.7. The lowest BCUT2D eigenvalue weighted by atomic mass is 10.0. The summed E-state index contributed by atoms with van der Waals surface area (Å²) in [5, 5.41) is 0. The van der Waals surface area contributed by atoms with Crippen LogP contribution in [0.3, 0.4) is 0 Å². The van der Waals surface area contributed by atoms with Crippen LogP contribution >= 0.6 is 7.82 Å². The number of allylic oxidation sites excluding steroid dienone is 10. The summed E-state index contributed by atoms with van der Waals surface area (Å²) in [4.78, 5) is 35.0. The van der Waals surface area contributed by atoms with Gasteiger partial charge in [-0.1, -0.05) is 242 Å². The average molecular weight is 934 g/mol. The van der Waals surface area contributed by atoms with E-state index in [0.29, 0.717) is 12.8 Å². The Bertz CT molecular complexity index is 1250. The van der Waals surface area contributed by atoms with E-state index in [2.05, 4.69) is 68.5 Å². The third-order valence-corrected chi connectivity index (χ3v) is 12.4. The smallest absolute Gasteiger partial charge is 0.462 e. The molecule has 378 valence electrons. The van der Waals surface area contributed by atoms with E-state index in [9.17, 15) is 19.0 Å². The number of nitrogens with two attached hydrogens (primary N) is 1. The van der Waals surface area contributed by atoms with Crippen molar-refractivity contribution in [1.82, 2.24) is 0 Å². The summed E-state index contributed by atoms with van der Waals surface area (Å²) in [5.41, 5.74) is 5.36. The van der Waals surface area contributed by atoms with Crippen LogP contribution in [-0.2, 0) is 32.7 Å². The van der Waals surface area contributed by atoms with Crippen molar-refractivity contribution in [3.05, 3.63) is 60.8 Å². The van der Waals surface area contributed by atoms with Gasteiger partial charge in [-0.25, -0.2) is 4.57 Å². The molecule has 9 nitrogen and oxygen atoms in total. The number of rotatable bonds is 50. The molecule has 2 atom stereocenters. The molecular weight excluding hydrogens is 834 g/mol. The number of phosphoric acid groups is 1. The van der Waals surface area contributed by atoms with Gasteiger partial charge >= 0.3 is 19.8 Å². The number of carbonyl (C=O) groups is 2. The predicted octanol–water partition coefficient (Wildman–Crippen LogP) is 16.4. The minimum absolute atomic E-state index is 0.0431. The van der Waals surface area contributed by atoms with Crippen molar-refractivity contribution < 1.29 is 37.6 Å². The quantitative estimate of drug-likeness (QED) is 0.0265. The van der Waals surface area contributed by atoms with E-state index in [0.717, 1.165) is 51.4 Å². The van der Waals surface area contributed by atoms with Crippen LogP contribution in [0.5, 0.6) is 0 Å². The molecule has 0 amide bonds. The first-order valence-corrected chi connectivity index (χ1v) is 28.3. The summed E-state index contributed by atoms with van der Waals surface area (Å²) in [6, 6.07) is 0. The van der Waals surface area contributed by atoms with Gasteiger partial charge in [0.1, 0.15) is 6.61 Å². The van der Waals surface area contributed by atoms with Crippen molar-refractivity contribution in [3.63, 3.8) is 0 Å². The highest BCUT2D eigenvalue weighted by Crippen LogP contribution is 2.43. The van der Waals surface area contributed by atoms with Crippen LogP contribution in [-0.4, -0.2) is 49.3 Å². The largest absolute Gasteiger partial charge is 0.472 e. The molecule has 65 heavy (non-hydrogen) atoms. The van der Waals surface area contributed by atoms with Crippen LogP contribution in [0.15, 0.2) is 60.8 Å². The zero-order valence-corrected chi connectivity index (χ0v) is 42.9. The predicted molar refractivity (Wildman–Crippen MR) is 275 cm³/mol. The van der Waals surface area contributed by atoms with E-state index in [4.69, 9.17) is 24.3 Å². The van der Waals surface area contributed by atoms with Crippen molar-refractivity contribution in [2.75, 3.05) is 26.4 Å². The molecule has 0 spiro atoms. The lowest BCUT2D eigenvalue weighted by Crippen LogP contribution is -2.29. The van der Waals surface area contributed by atoms with E-state index < -0.39 is 32.5 Å². The molecule has 0 aliphatic rings. The molecule has 0 saturated heterocycles. The zero-order chi connectivity index (χ0) is 47.4. The first-order valence-electron chi connectivity index (χ1n) is 26.8. The lowest BCUT2D eigenvalue weighted by Gasteiger charge is -2.19. The van der Waals surface area contributed by atoms with Gasteiger partial charge in [-0.2, -0.15) is 0 Å². The Morgan fingerprint density at radius 3 is 1.25 bits per heavy atom. The van der Waals surface area contributed by atoms with Crippen molar-refractivity contribution in [2.24, 2.45) is 5.73 Å². The van der Waals surface area contributed by atoms with E-state index in [1.165, 1.54) is 154 Å². The number of ether oxygens (including phenoxy) is 2. The number of unbranched alkanes of at least 4 members (excludes halogenated alkanes) is 27. The van der Waals surface area contributed by atoms with Gasteiger partial charge in [-0.15, -0.1) is 0 Å². The molecule has 0 bridgehead atoms.